The Morgan fingerprint density at radius 1 is 1.22 bits per heavy atom. The second-order valence-corrected chi connectivity index (χ2v) is 8.24. The molecule has 0 bridgehead atoms. The second-order valence-electron chi connectivity index (χ2n) is 8.24. The van der Waals surface area contributed by atoms with Gasteiger partial charge in [0, 0.05) is 30.4 Å². The van der Waals surface area contributed by atoms with Gasteiger partial charge in [0.25, 0.3) is 0 Å². The number of halogens is 2. The van der Waals surface area contributed by atoms with E-state index >= 15 is 0 Å². The lowest BCUT2D eigenvalue weighted by atomic mass is 9.96. The van der Waals surface area contributed by atoms with Crippen molar-refractivity contribution in [2.45, 2.75) is 45.0 Å². The lowest BCUT2D eigenvalue weighted by molar-refractivity contribution is -0.0486. The Bertz CT molecular complexity index is 1300. The van der Waals surface area contributed by atoms with Crippen molar-refractivity contribution in [3.63, 3.8) is 0 Å². The van der Waals surface area contributed by atoms with E-state index in [1.165, 1.54) is 18.9 Å². The van der Waals surface area contributed by atoms with Crippen LogP contribution in [0.15, 0.2) is 41.3 Å². The van der Waals surface area contributed by atoms with Crippen LogP contribution in [0.4, 0.5) is 8.78 Å². The molecule has 3 aromatic rings. The standard InChI is InChI=1S/C24H22F2N2O4/c1-12-16-6-3-13(9-14(16)10-27-12)17-7-8-18-20(22(17)32-24(25)26)28(15-4-5-15)11-19(21(18)29)23(30)31-2/h3,6-9,11-12,15,24,27H,4-5,10H2,1-2H3/t12-/m1/s1. The molecule has 1 saturated carbocycles. The van der Waals surface area contributed by atoms with Crippen LogP contribution in [0.5, 0.6) is 5.75 Å². The Balaban J connectivity index is 1.79. The van der Waals surface area contributed by atoms with E-state index < -0.39 is 18.0 Å². The van der Waals surface area contributed by atoms with Gasteiger partial charge in [0.1, 0.15) is 5.56 Å². The monoisotopic (exact) mass is 440 g/mol. The van der Waals surface area contributed by atoms with E-state index in [1.54, 1.807) is 16.7 Å². The predicted molar refractivity (Wildman–Crippen MR) is 115 cm³/mol. The number of aromatic nitrogens is 1. The fourth-order valence-corrected chi connectivity index (χ4v) is 4.47. The molecule has 2 heterocycles. The maximum Gasteiger partial charge on any atom is 0.387 e. The molecule has 1 atom stereocenters. The molecule has 2 aliphatic rings. The quantitative estimate of drug-likeness (QED) is 0.590. The highest BCUT2D eigenvalue weighted by atomic mass is 19.3. The topological polar surface area (TPSA) is 69.6 Å². The molecule has 8 heteroatoms. The molecular weight excluding hydrogens is 418 g/mol. The van der Waals surface area contributed by atoms with Crippen LogP contribution >= 0.6 is 0 Å². The van der Waals surface area contributed by atoms with Gasteiger partial charge in [-0.05, 0) is 54.7 Å². The summed E-state index contributed by atoms with van der Waals surface area (Å²) in [6.45, 7) is -0.309. The summed E-state index contributed by atoms with van der Waals surface area (Å²) in [4.78, 5) is 25.2. The molecule has 166 valence electrons. The molecule has 6 nitrogen and oxygen atoms in total. The normalized spacial score (nSPS) is 17.6. The van der Waals surface area contributed by atoms with Gasteiger partial charge in [0.15, 0.2) is 5.75 Å². The van der Waals surface area contributed by atoms with E-state index in [4.69, 9.17) is 9.47 Å². The SMILES string of the molecule is COC(=O)c1cn(C2CC2)c2c(OC(F)F)c(-c3ccc4c(c3)CN[C@@H]4C)ccc2c1=O. The highest BCUT2D eigenvalue weighted by Crippen LogP contribution is 2.43. The van der Waals surface area contributed by atoms with E-state index in [2.05, 4.69) is 12.2 Å². The minimum atomic E-state index is -3.07. The molecule has 0 radical (unpaired) electrons. The maximum atomic E-state index is 13.5. The third-order valence-electron chi connectivity index (χ3n) is 6.22. The average molecular weight is 440 g/mol. The Kier molecular flexibility index (Phi) is 4.97. The summed E-state index contributed by atoms with van der Waals surface area (Å²) < 4.78 is 38.6. The first-order valence-corrected chi connectivity index (χ1v) is 10.5. The van der Waals surface area contributed by atoms with E-state index in [0.717, 1.165) is 24.0 Å². The van der Waals surface area contributed by atoms with E-state index in [9.17, 15) is 18.4 Å². The Hall–Kier alpha value is -3.26. The minimum absolute atomic E-state index is 0.00171. The molecule has 5 rings (SSSR count). The van der Waals surface area contributed by atoms with Crippen molar-refractivity contribution in [1.82, 2.24) is 9.88 Å². The number of pyridine rings is 1. The third kappa shape index (κ3) is 3.35. The molecule has 1 fully saturated rings. The van der Waals surface area contributed by atoms with Crippen molar-refractivity contribution >= 4 is 16.9 Å². The van der Waals surface area contributed by atoms with Gasteiger partial charge in [-0.25, -0.2) is 4.79 Å². The second kappa shape index (κ2) is 7.70. The molecule has 0 spiro atoms. The number of hydrogen-bond donors (Lipinski definition) is 1. The molecule has 1 aliphatic heterocycles. The summed E-state index contributed by atoms with van der Waals surface area (Å²) in [7, 11) is 1.20. The molecule has 0 unspecified atom stereocenters. The Morgan fingerprint density at radius 2 is 2.00 bits per heavy atom. The molecule has 1 aliphatic carbocycles. The minimum Gasteiger partial charge on any atom is -0.465 e. The lowest BCUT2D eigenvalue weighted by Gasteiger charge is -2.19. The predicted octanol–water partition coefficient (Wildman–Crippen LogP) is 4.56. The van der Waals surface area contributed by atoms with E-state index in [-0.39, 0.29) is 34.3 Å². The first-order chi connectivity index (χ1) is 15.4. The molecule has 0 amide bonds. The zero-order valence-corrected chi connectivity index (χ0v) is 17.7. The van der Waals surface area contributed by atoms with Crippen LogP contribution in [-0.2, 0) is 11.3 Å². The van der Waals surface area contributed by atoms with Gasteiger partial charge in [-0.1, -0.05) is 12.1 Å². The summed E-state index contributed by atoms with van der Waals surface area (Å²) in [5.41, 5.74) is 3.04. The van der Waals surface area contributed by atoms with Crippen LogP contribution in [0, 0.1) is 0 Å². The van der Waals surface area contributed by atoms with Gasteiger partial charge in [0.05, 0.1) is 18.0 Å². The van der Waals surface area contributed by atoms with Gasteiger partial charge in [0.2, 0.25) is 5.43 Å². The number of ether oxygens (including phenoxy) is 2. The molecule has 0 saturated heterocycles. The van der Waals surface area contributed by atoms with Gasteiger partial charge in [-0.3, -0.25) is 4.79 Å². The van der Waals surface area contributed by atoms with Crippen LogP contribution in [0.1, 0.15) is 53.3 Å². The number of nitrogens with zero attached hydrogens (tertiary/aromatic N) is 1. The lowest BCUT2D eigenvalue weighted by Crippen LogP contribution is -2.21. The molecule has 1 N–H and O–H groups in total. The number of esters is 1. The highest BCUT2D eigenvalue weighted by molar-refractivity contribution is 5.98. The molecule has 2 aromatic carbocycles. The number of alkyl halides is 2. The fraction of sp³-hybridized carbons (Fsp3) is 0.333. The van der Waals surface area contributed by atoms with Crippen molar-refractivity contribution < 1.29 is 23.0 Å². The van der Waals surface area contributed by atoms with Gasteiger partial charge in [-0.2, -0.15) is 8.78 Å². The van der Waals surface area contributed by atoms with Gasteiger partial charge >= 0.3 is 12.6 Å². The van der Waals surface area contributed by atoms with E-state index in [0.29, 0.717) is 12.1 Å². The number of methoxy groups -OCH3 is 1. The van der Waals surface area contributed by atoms with Gasteiger partial charge < -0.3 is 19.4 Å². The maximum absolute atomic E-state index is 13.5. The zero-order valence-electron chi connectivity index (χ0n) is 17.7. The number of nitrogens with one attached hydrogen (secondary N) is 1. The molecule has 1 aromatic heterocycles. The highest BCUT2D eigenvalue weighted by Gasteiger charge is 2.30. The van der Waals surface area contributed by atoms with Gasteiger partial charge in [-0.15, -0.1) is 0 Å². The first-order valence-electron chi connectivity index (χ1n) is 10.5. The average Bonchev–Trinajstić information content (AvgIpc) is 3.56. The van der Waals surface area contributed by atoms with Crippen molar-refractivity contribution in [2.75, 3.05) is 7.11 Å². The number of hydrogen-bond acceptors (Lipinski definition) is 5. The van der Waals surface area contributed by atoms with Crippen molar-refractivity contribution in [3.05, 3.63) is 63.4 Å². The Morgan fingerprint density at radius 3 is 2.69 bits per heavy atom. The van der Waals surface area contributed by atoms with Crippen LogP contribution in [-0.4, -0.2) is 24.3 Å². The summed E-state index contributed by atoms with van der Waals surface area (Å²) in [5, 5.41) is 3.51. The molecule has 32 heavy (non-hydrogen) atoms. The van der Waals surface area contributed by atoms with Crippen molar-refractivity contribution in [2.24, 2.45) is 0 Å². The van der Waals surface area contributed by atoms with Crippen LogP contribution in [0.25, 0.3) is 22.0 Å². The van der Waals surface area contributed by atoms with Crippen LogP contribution < -0.4 is 15.5 Å². The number of carbonyl (C=O) groups is 1. The molecular formula is C24H22F2N2O4. The summed E-state index contributed by atoms with van der Waals surface area (Å²) in [5.74, 6) is -0.816. The zero-order chi connectivity index (χ0) is 22.6. The summed E-state index contributed by atoms with van der Waals surface area (Å²) >= 11 is 0. The summed E-state index contributed by atoms with van der Waals surface area (Å²) in [6, 6.07) is 9.24. The van der Waals surface area contributed by atoms with E-state index in [1.807, 2.05) is 18.2 Å². The number of benzene rings is 2. The number of carbonyl (C=O) groups excluding carboxylic acids is 1. The number of fused-ring (bicyclic) bond motifs is 2. The first kappa shape index (κ1) is 20.6. The third-order valence-corrected chi connectivity index (χ3v) is 6.22. The smallest absolute Gasteiger partial charge is 0.387 e. The van der Waals surface area contributed by atoms with Crippen LogP contribution in [0.2, 0.25) is 0 Å². The van der Waals surface area contributed by atoms with Crippen molar-refractivity contribution in [1.29, 1.82) is 0 Å². The van der Waals surface area contributed by atoms with Crippen LogP contribution in [0.3, 0.4) is 0 Å². The summed E-state index contributed by atoms with van der Waals surface area (Å²) in [6.07, 6.45) is 3.04. The largest absolute Gasteiger partial charge is 0.465 e. The Labute approximate surface area is 182 Å². The number of rotatable bonds is 5. The fourth-order valence-electron chi connectivity index (χ4n) is 4.47. The van der Waals surface area contributed by atoms with Crippen molar-refractivity contribution in [3.8, 4) is 16.9 Å².